The average molecular weight is 202 g/mol. The van der Waals surface area contributed by atoms with E-state index in [4.69, 9.17) is 0 Å². The number of hydrogen-bond donors (Lipinski definition) is 1. The standard InChI is InChI=1S/C9H12F2N2O/c1-13-5-12-4-7(13)8(14)2-6-3-9(6,10)11/h4-6,8,14H,2-3H2,1H3. The van der Waals surface area contributed by atoms with Gasteiger partial charge in [-0.1, -0.05) is 0 Å². The van der Waals surface area contributed by atoms with Gasteiger partial charge in [0.05, 0.1) is 24.3 Å². The Hall–Kier alpha value is -0.970. The van der Waals surface area contributed by atoms with E-state index in [0.29, 0.717) is 5.69 Å². The van der Waals surface area contributed by atoms with Crippen molar-refractivity contribution >= 4 is 0 Å². The molecule has 0 saturated heterocycles. The fraction of sp³-hybridized carbons (Fsp3) is 0.667. The zero-order chi connectivity index (χ0) is 10.3. The minimum atomic E-state index is -2.56. The van der Waals surface area contributed by atoms with Crippen LogP contribution < -0.4 is 0 Å². The molecule has 0 bridgehead atoms. The Morgan fingerprint density at radius 3 is 2.86 bits per heavy atom. The van der Waals surface area contributed by atoms with Crippen molar-refractivity contribution in [3.63, 3.8) is 0 Å². The maximum absolute atomic E-state index is 12.6. The van der Waals surface area contributed by atoms with Crippen molar-refractivity contribution in [1.29, 1.82) is 0 Å². The van der Waals surface area contributed by atoms with Crippen LogP contribution in [0.3, 0.4) is 0 Å². The summed E-state index contributed by atoms with van der Waals surface area (Å²) in [6, 6.07) is 0. The molecule has 0 aromatic carbocycles. The quantitative estimate of drug-likeness (QED) is 0.806. The molecule has 1 aromatic rings. The monoisotopic (exact) mass is 202 g/mol. The first kappa shape index (κ1) is 9.58. The molecule has 1 N–H and O–H groups in total. The molecular weight excluding hydrogens is 190 g/mol. The zero-order valence-corrected chi connectivity index (χ0v) is 7.82. The highest BCUT2D eigenvalue weighted by Crippen LogP contribution is 2.52. The van der Waals surface area contributed by atoms with E-state index in [2.05, 4.69) is 4.98 Å². The van der Waals surface area contributed by atoms with Gasteiger partial charge in [-0.3, -0.25) is 0 Å². The number of rotatable bonds is 3. The predicted octanol–water partition coefficient (Wildman–Crippen LogP) is 1.50. The summed E-state index contributed by atoms with van der Waals surface area (Å²) in [5.41, 5.74) is 0.590. The van der Waals surface area contributed by atoms with E-state index >= 15 is 0 Å². The lowest BCUT2D eigenvalue weighted by Crippen LogP contribution is -2.06. The van der Waals surface area contributed by atoms with Gasteiger partial charge in [-0.2, -0.15) is 0 Å². The van der Waals surface area contributed by atoms with Crippen LogP contribution in [0.5, 0.6) is 0 Å². The highest BCUT2D eigenvalue weighted by molar-refractivity contribution is 5.05. The molecular formula is C9H12F2N2O. The van der Waals surface area contributed by atoms with E-state index in [9.17, 15) is 13.9 Å². The Balaban J connectivity index is 1.97. The molecule has 5 heteroatoms. The second-order valence-corrected chi connectivity index (χ2v) is 3.84. The van der Waals surface area contributed by atoms with Gasteiger partial charge in [0.1, 0.15) is 0 Å². The van der Waals surface area contributed by atoms with Crippen LogP contribution in [-0.2, 0) is 7.05 Å². The van der Waals surface area contributed by atoms with Crippen LogP contribution >= 0.6 is 0 Å². The Labute approximate surface area is 80.4 Å². The zero-order valence-electron chi connectivity index (χ0n) is 7.82. The number of imidazole rings is 1. The topological polar surface area (TPSA) is 38.0 Å². The Bertz CT molecular complexity index is 337. The van der Waals surface area contributed by atoms with E-state index in [1.54, 1.807) is 17.9 Å². The second-order valence-electron chi connectivity index (χ2n) is 3.84. The third-order valence-electron chi connectivity index (χ3n) is 2.66. The van der Waals surface area contributed by atoms with E-state index in [0.717, 1.165) is 0 Å². The van der Waals surface area contributed by atoms with Crippen molar-refractivity contribution in [1.82, 2.24) is 9.55 Å². The normalized spacial score (nSPS) is 26.1. The molecule has 0 radical (unpaired) electrons. The van der Waals surface area contributed by atoms with Crippen LogP contribution in [0.15, 0.2) is 12.5 Å². The molecule has 1 fully saturated rings. The Kier molecular flexibility index (Phi) is 2.06. The third kappa shape index (κ3) is 1.64. The number of hydrogen-bond acceptors (Lipinski definition) is 2. The van der Waals surface area contributed by atoms with Gasteiger partial charge >= 0.3 is 0 Å². The van der Waals surface area contributed by atoms with Gasteiger partial charge in [0, 0.05) is 19.4 Å². The molecule has 78 valence electrons. The Morgan fingerprint density at radius 1 is 1.79 bits per heavy atom. The number of halogens is 2. The highest BCUT2D eigenvalue weighted by atomic mass is 19.3. The predicted molar refractivity (Wildman–Crippen MR) is 45.8 cm³/mol. The van der Waals surface area contributed by atoms with E-state index in [1.165, 1.54) is 6.20 Å². The lowest BCUT2D eigenvalue weighted by molar-refractivity contribution is 0.0750. The van der Waals surface area contributed by atoms with Gasteiger partial charge in [0.2, 0.25) is 0 Å². The van der Waals surface area contributed by atoms with Crippen molar-refractivity contribution in [2.24, 2.45) is 13.0 Å². The van der Waals surface area contributed by atoms with Crippen LogP contribution in [0.1, 0.15) is 24.6 Å². The first-order valence-corrected chi connectivity index (χ1v) is 4.53. The number of aromatic nitrogens is 2. The average Bonchev–Trinajstić information content (AvgIpc) is 2.53. The summed E-state index contributed by atoms with van der Waals surface area (Å²) in [7, 11) is 1.73. The van der Waals surface area contributed by atoms with E-state index < -0.39 is 17.9 Å². The van der Waals surface area contributed by atoms with Crippen LogP contribution in [0.25, 0.3) is 0 Å². The molecule has 3 nitrogen and oxygen atoms in total. The molecule has 0 spiro atoms. The smallest absolute Gasteiger partial charge is 0.251 e. The van der Waals surface area contributed by atoms with E-state index in [1.807, 2.05) is 0 Å². The highest BCUT2D eigenvalue weighted by Gasteiger charge is 2.57. The molecule has 2 atom stereocenters. The Morgan fingerprint density at radius 2 is 2.43 bits per heavy atom. The first-order valence-electron chi connectivity index (χ1n) is 4.53. The van der Waals surface area contributed by atoms with Crippen molar-refractivity contribution in [2.75, 3.05) is 0 Å². The molecule has 2 rings (SSSR count). The summed E-state index contributed by atoms with van der Waals surface area (Å²) in [6.45, 7) is 0. The number of nitrogens with zero attached hydrogens (tertiary/aromatic N) is 2. The summed E-state index contributed by atoms with van der Waals surface area (Å²) < 4.78 is 26.8. The van der Waals surface area contributed by atoms with Crippen LogP contribution in [0.4, 0.5) is 8.78 Å². The fourth-order valence-electron chi connectivity index (χ4n) is 1.60. The summed E-state index contributed by atoms with van der Waals surface area (Å²) in [5.74, 6) is -3.22. The number of aryl methyl sites for hydroxylation is 1. The van der Waals surface area contributed by atoms with Gasteiger partial charge in [-0.25, -0.2) is 13.8 Å². The lowest BCUT2D eigenvalue weighted by atomic mass is 10.1. The van der Waals surface area contributed by atoms with Crippen LogP contribution in [0.2, 0.25) is 0 Å². The first-order chi connectivity index (χ1) is 6.50. The van der Waals surface area contributed by atoms with Crippen molar-refractivity contribution in [2.45, 2.75) is 24.9 Å². The fourth-order valence-corrected chi connectivity index (χ4v) is 1.60. The van der Waals surface area contributed by atoms with E-state index in [-0.39, 0.29) is 12.8 Å². The summed E-state index contributed by atoms with van der Waals surface area (Å²) in [4.78, 5) is 3.82. The number of aliphatic hydroxyl groups is 1. The maximum atomic E-state index is 12.6. The third-order valence-corrected chi connectivity index (χ3v) is 2.66. The van der Waals surface area contributed by atoms with Crippen LogP contribution in [-0.4, -0.2) is 20.6 Å². The SMILES string of the molecule is Cn1cncc1C(O)CC1CC1(F)F. The van der Waals surface area contributed by atoms with Crippen molar-refractivity contribution in [3.8, 4) is 0 Å². The maximum Gasteiger partial charge on any atom is 0.251 e. The lowest BCUT2D eigenvalue weighted by Gasteiger charge is -2.10. The van der Waals surface area contributed by atoms with Crippen molar-refractivity contribution < 1.29 is 13.9 Å². The number of alkyl halides is 2. The molecule has 0 amide bonds. The molecule has 1 saturated carbocycles. The second kappa shape index (κ2) is 3.02. The molecule has 14 heavy (non-hydrogen) atoms. The largest absolute Gasteiger partial charge is 0.387 e. The van der Waals surface area contributed by atoms with Crippen LogP contribution in [0, 0.1) is 5.92 Å². The minimum Gasteiger partial charge on any atom is -0.387 e. The van der Waals surface area contributed by atoms with Gasteiger partial charge in [-0.15, -0.1) is 0 Å². The molecule has 1 aromatic heterocycles. The van der Waals surface area contributed by atoms with Gasteiger partial charge in [0.15, 0.2) is 0 Å². The minimum absolute atomic E-state index is 0.0953. The molecule has 1 heterocycles. The molecule has 0 aliphatic heterocycles. The van der Waals surface area contributed by atoms with Crippen molar-refractivity contribution in [3.05, 3.63) is 18.2 Å². The molecule has 1 aliphatic rings. The number of aliphatic hydroxyl groups excluding tert-OH is 1. The summed E-state index contributed by atoms with van der Waals surface area (Å²) in [6.07, 6.45) is 2.24. The van der Waals surface area contributed by atoms with Gasteiger partial charge < -0.3 is 9.67 Å². The summed E-state index contributed by atoms with van der Waals surface area (Å²) >= 11 is 0. The molecule has 2 unspecified atom stereocenters. The summed E-state index contributed by atoms with van der Waals surface area (Å²) in [5, 5.41) is 9.64. The molecule has 1 aliphatic carbocycles. The van der Waals surface area contributed by atoms with Gasteiger partial charge in [0.25, 0.3) is 5.92 Å². The van der Waals surface area contributed by atoms with Gasteiger partial charge in [-0.05, 0) is 6.42 Å².